The summed E-state index contributed by atoms with van der Waals surface area (Å²) in [4.78, 5) is 4.28. The third kappa shape index (κ3) is 1.77. The van der Waals surface area contributed by atoms with Gasteiger partial charge >= 0.3 is 0 Å². The summed E-state index contributed by atoms with van der Waals surface area (Å²) in [6.07, 6.45) is 3.81. The zero-order valence-corrected chi connectivity index (χ0v) is 10.5. The Morgan fingerprint density at radius 3 is 2.79 bits per heavy atom. The Morgan fingerprint density at radius 1 is 1.16 bits per heavy atom. The maximum absolute atomic E-state index is 5.63. The van der Waals surface area contributed by atoms with Crippen LogP contribution in [0.25, 0.3) is 5.69 Å². The Balaban J connectivity index is 1.74. The van der Waals surface area contributed by atoms with Crippen molar-refractivity contribution in [3.63, 3.8) is 0 Å². The Bertz CT molecular complexity index is 604. The van der Waals surface area contributed by atoms with Crippen molar-refractivity contribution in [1.29, 1.82) is 0 Å². The van der Waals surface area contributed by atoms with Crippen molar-refractivity contribution in [3.8, 4) is 17.2 Å². The first kappa shape index (κ1) is 10.9. The second-order valence-corrected chi connectivity index (χ2v) is 4.87. The molecule has 2 aliphatic rings. The monoisotopic (exact) mass is 257 g/mol. The van der Waals surface area contributed by atoms with Crippen LogP contribution in [0.1, 0.15) is 11.6 Å². The zero-order chi connectivity index (χ0) is 12.7. The summed E-state index contributed by atoms with van der Waals surface area (Å²) in [7, 11) is 0. The molecule has 0 unspecified atom stereocenters. The Kier molecular flexibility index (Phi) is 2.45. The molecule has 0 radical (unpaired) electrons. The van der Waals surface area contributed by atoms with E-state index in [2.05, 4.69) is 14.9 Å². The van der Waals surface area contributed by atoms with E-state index in [9.17, 15) is 0 Å². The summed E-state index contributed by atoms with van der Waals surface area (Å²) >= 11 is 0. The first-order valence-electron chi connectivity index (χ1n) is 6.55. The molecule has 1 fully saturated rings. The summed E-state index contributed by atoms with van der Waals surface area (Å²) in [6, 6.07) is 6.03. The smallest absolute Gasteiger partial charge is 0.163 e. The highest BCUT2D eigenvalue weighted by atomic mass is 16.6. The maximum Gasteiger partial charge on any atom is 0.163 e. The van der Waals surface area contributed by atoms with Crippen LogP contribution in [-0.2, 0) is 0 Å². The molecule has 1 aromatic heterocycles. The van der Waals surface area contributed by atoms with Crippen molar-refractivity contribution in [2.45, 2.75) is 5.92 Å². The van der Waals surface area contributed by atoms with Crippen LogP contribution in [0, 0.1) is 0 Å². The molecule has 2 aliphatic heterocycles. The lowest BCUT2D eigenvalue weighted by molar-refractivity contribution is 0.171. The van der Waals surface area contributed by atoms with Crippen molar-refractivity contribution >= 4 is 0 Å². The predicted molar refractivity (Wildman–Crippen MR) is 70.2 cm³/mol. The molecule has 0 spiro atoms. The van der Waals surface area contributed by atoms with Gasteiger partial charge in [0.15, 0.2) is 11.5 Å². The standard InChI is InChI=1S/C14H15N3O2/c1-2-13-14(19-4-3-18-13)5-11(1)17-9-16-8-12(17)10-6-15-7-10/h1-2,5,8-10,15H,3-4,6-7H2. The number of hydrogen-bond acceptors (Lipinski definition) is 4. The second-order valence-electron chi connectivity index (χ2n) is 4.87. The number of hydrogen-bond donors (Lipinski definition) is 1. The number of nitrogens with one attached hydrogen (secondary N) is 1. The van der Waals surface area contributed by atoms with Gasteiger partial charge < -0.3 is 19.4 Å². The summed E-state index contributed by atoms with van der Waals surface area (Å²) in [5.74, 6) is 2.19. The van der Waals surface area contributed by atoms with Crippen molar-refractivity contribution in [2.75, 3.05) is 26.3 Å². The van der Waals surface area contributed by atoms with E-state index in [0.717, 1.165) is 30.3 Å². The fourth-order valence-corrected chi connectivity index (χ4v) is 2.50. The van der Waals surface area contributed by atoms with Crippen LogP contribution < -0.4 is 14.8 Å². The average molecular weight is 257 g/mol. The van der Waals surface area contributed by atoms with Crippen LogP contribution in [0.3, 0.4) is 0 Å². The number of nitrogens with zero attached hydrogens (tertiary/aromatic N) is 2. The predicted octanol–water partition coefficient (Wildman–Crippen LogP) is 1.33. The second kappa shape index (κ2) is 4.28. The van der Waals surface area contributed by atoms with Crippen molar-refractivity contribution in [1.82, 2.24) is 14.9 Å². The van der Waals surface area contributed by atoms with Crippen LogP contribution >= 0.6 is 0 Å². The molecule has 4 rings (SSSR count). The molecule has 1 aromatic carbocycles. The molecule has 5 nitrogen and oxygen atoms in total. The molecule has 0 amide bonds. The Labute approximate surface area is 111 Å². The molecular formula is C14H15N3O2. The molecule has 0 aliphatic carbocycles. The zero-order valence-electron chi connectivity index (χ0n) is 10.5. The molecule has 3 heterocycles. The SMILES string of the molecule is c1cc2c(cc1-n1cncc1C1CNC1)OCCO2. The highest BCUT2D eigenvalue weighted by molar-refractivity contribution is 5.50. The fraction of sp³-hybridized carbons (Fsp3) is 0.357. The van der Waals surface area contributed by atoms with Crippen molar-refractivity contribution in [2.24, 2.45) is 0 Å². The lowest BCUT2D eigenvalue weighted by Crippen LogP contribution is -2.40. The molecule has 5 heteroatoms. The minimum atomic E-state index is 0.552. The van der Waals surface area contributed by atoms with Crippen LogP contribution in [-0.4, -0.2) is 35.9 Å². The average Bonchev–Trinajstić information content (AvgIpc) is 2.85. The molecule has 0 saturated carbocycles. The molecule has 0 atom stereocenters. The summed E-state index contributed by atoms with van der Waals surface area (Å²) < 4.78 is 13.3. The first-order chi connectivity index (χ1) is 9.42. The fourth-order valence-electron chi connectivity index (χ4n) is 2.50. The van der Waals surface area contributed by atoms with E-state index in [1.54, 1.807) is 0 Å². The summed E-state index contributed by atoms with van der Waals surface area (Å²) in [5, 5.41) is 3.29. The van der Waals surface area contributed by atoms with Gasteiger partial charge in [-0.1, -0.05) is 0 Å². The first-order valence-corrected chi connectivity index (χ1v) is 6.55. The van der Waals surface area contributed by atoms with Crippen LogP contribution in [0.15, 0.2) is 30.7 Å². The molecule has 0 bridgehead atoms. The topological polar surface area (TPSA) is 48.3 Å². The highest BCUT2D eigenvalue weighted by Gasteiger charge is 2.23. The van der Waals surface area contributed by atoms with Crippen LogP contribution in [0.5, 0.6) is 11.5 Å². The van der Waals surface area contributed by atoms with E-state index in [1.807, 2.05) is 30.7 Å². The van der Waals surface area contributed by atoms with E-state index >= 15 is 0 Å². The molecule has 1 N–H and O–H groups in total. The van der Waals surface area contributed by atoms with E-state index in [1.165, 1.54) is 5.69 Å². The molecule has 98 valence electrons. The number of fused-ring (bicyclic) bond motifs is 1. The number of ether oxygens (including phenoxy) is 2. The highest BCUT2D eigenvalue weighted by Crippen LogP contribution is 2.33. The maximum atomic E-state index is 5.63. The lowest BCUT2D eigenvalue weighted by Gasteiger charge is -2.28. The normalized spacial score (nSPS) is 18.1. The van der Waals surface area contributed by atoms with E-state index in [-0.39, 0.29) is 0 Å². The Hall–Kier alpha value is -2.01. The third-order valence-corrected chi connectivity index (χ3v) is 3.67. The minimum Gasteiger partial charge on any atom is -0.486 e. The minimum absolute atomic E-state index is 0.552. The van der Waals surface area contributed by atoms with E-state index in [4.69, 9.17) is 9.47 Å². The van der Waals surface area contributed by atoms with Crippen LogP contribution in [0.4, 0.5) is 0 Å². The van der Waals surface area contributed by atoms with Gasteiger partial charge in [0.1, 0.15) is 13.2 Å². The van der Waals surface area contributed by atoms with Gasteiger partial charge in [-0.25, -0.2) is 4.98 Å². The quantitative estimate of drug-likeness (QED) is 0.881. The Morgan fingerprint density at radius 2 is 2.00 bits per heavy atom. The largest absolute Gasteiger partial charge is 0.486 e. The number of imidazole rings is 1. The number of rotatable bonds is 2. The van der Waals surface area contributed by atoms with E-state index in [0.29, 0.717) is 19.1 Å². The van der Waals surface area contributed by atoms with Gasteiger partial charge in [-0.15, -0.1) is 0 Å². The number of aromatic nitrogens is 2. The lowest BCUT2D eigenvalue weighted by atomic mass is 10.00. The van der Waals surface area contributed by atoms with Gasteiger partial charge in [-0.05, 0) is 12.1 Å². The molecule has 2 aromatic rings. The van der Waals surface area contributed by atoms with Gasteiger partial charge in [0.05, 0.1) is 12.0 Å². The van der Waals surface area contributed by atoms with E-state index < -0.39 is 0 Å². The van der Waals surface area contributed by atoms with Crippen molar-refractivity contribution < 1.29 is 9.47 Å². The third-order valence-electron chi connectivity index (χ3n) is 3.67. The van der Waals surface area contributed by atoms with Gasteiger partial charge in [0, 0.05) is 37.0 Å². The van der Waals surface area contributed by atoms with Crippen LogP contribution in [0.2, 0.25) is 0 Å². The summed E-state index contributed by atoms with van der Waals surface area (Å²) in [6.45, 7) is 3.28. The molecule has 1 saturated heterocycles. The van der Waals surface area contributed by atoms with Gasteiger partial charge in [0.25, 0.3) is 0 Å². The van der Waals surface area contributed by atoms with Gasteiger partial charge in [-0.3, -0.25) is 0 Å². The van der Waals surface area contributed by atoms with Crippen molar-refractivity contribution in [3.05, 3.63) is 36.4 Å². The van der Waals surface area contributed by atoms with Gasteiger partial charge in [-0.2, -0.15) is 0 Å². The van der Waals surface area contributed by atoms with Gasteiger partial charge in [0.2, 0.25) is 0 Å². The summed E-state index contributed by atoms with van der Waals surface area (Å²) in [5.41, 5.74) is 2.32. The number of benzene rings is 1. The molecule has 19 heavy (non-hydrogen) atoms. The molecular weight excluding hydrogens is 242 g/mol.